The number of likely N-dealkylation sites (N-methyl/N-ethyl adjacent to an activating group) is 2. The number of H-pyrrole nitrogens is 1. The van der Waals surface area contributed by atoms with E-state index in [2.05, 4.69) is 29.5 Å². The number of amides is 5. The number of carbonyl (C=O) groups excluding carboxylic acids is 5. The normalized spacial score (nSPS) is 17.1. The number of likely N-dealkylation sites (tertiary alicyclic amines) is 1. The van der Waals surface area contributed by atoms with Crippen LogP contribution in [0.25, 0.3) is 11.0 Å². The van der Waals surface area contributed by atoms with Gasteiger partial charge < -0.3 is 49.8 Å². The number of aromatic nitrogens is 2. The molecule has 4 rings (SSSR count). The summed E-state index contributed by atoms with van der Waals surface area (Å²) in [6, 6.07) is 12.5. The molecule has 1 aliphatic rings. The molecular weight excluding hydrogens is 959 g/mol. The summed E-state index contributed by atoms with van der Waals surface area (Å²) in [7, 11) is 9.09. The number of nitrogens with one attached hydrogen (secondary N) is 3. The Hall–Kier alpha value is -4.40. The lowest BCUT2D eigenvalue weighted by Gasteiger charge is -2.39. The van der Waals surface area contributed by atoms with Crippen LogP contribution < -0.4 is 10.6 Å². The molecule has 19 heteroatoms. The number of aliphatic hydroxyl groups is 2. The van der Waals surface area contributed by atoms with Crippen molar-refractivity contribution in [2.75, 3.05) is 54.6 Å². The molecule has 9 atom stereocenters. The van der Waals surface area contributed by atoms with Crippen molar-refractivity contribution in [3.63, 3.8) is 0 Å². The fraction of sp³-hybridized carbons (Fsp3) is 0.660. The summed E-state index contributed by atoms with van der Waals surface area (Å²) in [5, 5.41) is 26.7. The van der Waals surface area contributed by atoms with Crippen LogP contribution >= 0.6 is 21.6 Å². The molecule has 5 amide bonds. The molecule has 3 aromatic rings. The molecule has 1 aromatic heterocycles. The molecule has 9 unspecified atom stereocenters. The number of imidazole rings is 1. The largest absolute Gasteiger partial charge is 0.448 e. The number of benzene rings is 2. The molecule has 1 saturated heterocycles. The summed E-state index contributed by atoms with van der Waals surface area (Å²) >= 11 is 0. The molecule has 0 radical (unpaired) electrons. The van der Waals surface area contributed by atoms with Crippen LogP contribution in [0.3, 0.4) is 0 Å². The summed E-state index contributed by atoms with van der Waals surface area (Å²) in [5.41, 5.74) is 3.32. The molecule has 2 heterocycles. The van der Waals surface area contributed by atoms with Crippen molar-refractivity contribution in [3.8, 4) is 0 Å². The predicted molar refractivity (Wildman–Crippen MR) is 286 cm³/mol. The molecule has 2 aromatic carbocycles. The Morgan fingerprint density at radius 3 is 2.21 bits per heavy atom. The second-order valence-electron chi connectivity index (χ2n) is 19.8. The summed E-state index contributed by atoms with van der Waals surface area (Å²) in [5.74, 6) is -2.47. The lowest BCUT2D eigenvalue weighted by molar-refractivity contribution is -0.146. The zero-order chi connectivity index (χ0) is 53.9. The van der Waals surface area contributed by atoms with Gasteiger partial charge >= 0.3 is 6.09 Å². The third-order valence-corrected chi connectivity index (χ3v) is 16.2. The molecule has 1 fully saturated rings. The Kier molecular flexibility index (Phi) is 25.9. The monoisotopic (exact) mass is 1040 g/mol. The van der Waals surface area contributed by atoms with Crippen molar-refractivity contribution in [1.29, 1.82) is 0 Å². The fourth-order valence-electron chi connectivity index (χ4n) is 9.07. The third-order valence-electron chi connectivity index (χ3n) is 13.2. The summed E-state index contributed by atoms with van der Waals surface area (Å²) in [6.07, 6.45) is 0.831. The Labute approximate surface area is 436 Å². The van der Waals surface area contributed by atoms with Crippen LogP contribution in [0.15, 0.2) is 53.7 Å². The van der Waals surface area contributed by atoms with E-state index in [1.807, 2.05) is 77.9 Å². The van der Waals surface area contributed by atoms with Crippen LogP contribution in [0.2, 0.25) is 0 Å². The first-order valence-electron chi connectivity index (χ1n) is 25.4. The number of nitrogens with zero attached hydrogens (tertiary/aromatic N) is 4. The number of hydrogen-bond acceptors (Lipinski definition) is 13. The quantitative estimate of drug-likeness (QED) is 0.0496. The van der Waals surface area contributed by atoms with Crippen LogP contribution in [-0.2, 0) is 39.8 Å². The SMILES string of the molecule is CCC.CCC(C)C(C(CC(=O)N1CCCC1C(OC)C(C)C(=O)NC(C)C(O)c1ccccc1)OC)N(C)C(=O)CNC(=O)C(C(C)C)N(C)C(=O)OCC(C)(C)SSc1nc2c(CCO)cccc2[nH]1. The lowest BCUT2D eigenvalue weighted by atomic mass is 9.90. The maximum Gasteiger partial charge on any atom is 0.410 e. The number of carbonyl (C=O) groups is 5. The minimum absolute atomic E-state index is 0.0256. The van der Waals surface area contributed by atoms with Gasteiger partial charge in [0.15, 0.2) is 5.16 Å². The van der Waals surface area contributed by atoms with Gasteiger partial charge in [-0.25, -0.2) is 9.78 Å². The predicted octanol–water partition coefficient (Wildman–Crippen LogP) is 7.40. The molecule has 0 spiro atoms. The van der Waals surface area contributed by atoms with Crippen LogP contribution in [0, 0.1) is 17.8 Å². The summed E-state index contributed by atoms with van der Waals surface area (Å²) < 4.78 is 17.1. The maximum absolute atomic E-state index is 14.2. The molecule has 72 heavy (non-hydrogen) atoms. The van der Waals surface area contributed by atoms with E-state index in [1.165, 1.54) is 59.1 Å². The smallest absolute Gasteiger partial charge is 0.410 e. The Balaban J connectivity index is 0.00000445. The topological polar surface area (TPSA) is 216 Å². The van der Waals surface area contributed by atoms with Crippen LogP contribution in [0.5, 0.6) is 0 Å². The van der Waals surface area contributed by atoms with Gasteiger partial charge in [-0.2, -0.15) is 0 Å². The molecule has 17 nitrogen and oxygen atoms in total. The van der Waals surface area contributed by atoms with Crippen molar-refractivity contribution < 1.29 is 48.4 Å². The molecule has 1 aliphatic heterocycles. The Morgan fingerprint density at radius 1 is 0.944 bits per heavy atom. The van der Waals surface area contributed by atoms with E-state index in [9.17, 15) is 34.2 Å². The number of aliphatic hydroxyl groups excluding tert-OH is 2. The van der Waals surface area contributed by atoms with E-state index in [0.29, 0.717) is 36.5 Å². The van der Waals surface area contributed by atoms with Gasteiger partial charge in [0.05, 0.1) is 71.1 Å². The first kappa shape index (κ1) is 61.9. The average molecular weight is 1040 g/mol. The van der Waals surface area contributed by atoms with Gasteiger partial charge in [0.2, 0.25) is 23.6 Å². The number of fused-ring (bicyclic) bond motifs is 1. The van der Waals surface area contributed by atoms with Crippen molar-refractivity contribution in [2.45, 2.75) is 160 Å². The van der Waals surface area contributed by atoms with E-state index < -0.39 is 65.0 Å². The van der Waals surface area contributed by atoms with E-state index in [-0.39, 0.29) is 55.9 Å². The lowest BCUT2D eigenvalue weighted by Crippen LogP contribution is -2.56. The maximum atomic E-state index is 14.2. The molecule has 0 aliphatic carbocycles. The highest BCUT2D eigenvalue weighted by molar-refractivity contribution is 8.77. The number of rotatable bonds is 26. The van der Waals surface area contributed by atoms with Gasteiger partial charge in [0.25, 0.3) is 0 Å². The first-order chi connectivity index (χ1) is 34.1. The van der Waals surface area contributed by atoms with Crippen molar-refractivity contribution in [2.24, 2.45) is 17.8 Å². The van der Waals surface area contributed by atoms with Gasteiger partial charge in [0, 0.05) is 41.5 Å². The minimum Gasteiger partial charge on any atom is -0.448 e. The second-order valence-corrected chi connectivity index (χ2v) is 22.7. The minimum atomic E-state index is -0.943. The van der Waals surface area contributed by atoms with Gasteiger partial charge in [-0.15, -0.1) is 0 Å². The van der Waals surface area contributed by atoms with Crippen LogP contribution in [-0.4, -0.2) is 160 Å². The zero-order valence-electron chi connectivity index (χ0n) is 45.2. The van der Waals surface area contributed by atoms with E-state index in [0.717, 1.165) is 23.0 Å². The molecule has 404 valence electrons. The number of ether oxygens (including phenoxy) is 3. The highest BCUT2D eigenvalue weighted by atomic mass is 33.1. The van der Waals surface area contributed by atoms with Gasteiger partial charge in [0.1, 0.15) is 12.6 Å². The molecule has 0 bridgehead atoms. The van der Waals surface area contributed by atoms with Crippen LogP contribution in [0.1, 0.15) is 119 Å². The highest BCUT2D eigenvalue weighted by Crippen LogP contribution is 2.40. The molecule has 0 saturated carbocycles. The van der Waals surface area contributed by atoms with Gasteiger partial charge in [-0.1, -0.05) is 115 Å². The van der Waals surface area contributed by atoms with Crippen LogP contribution in [0.4, 0.5) is 4.79 Å². The number of hydrogen-bond donors (Lipinski definition) is 5. The van der Waals surface area contributed by atoms with Crippen molar-refractivity contribution in [3.05, 3.63) is 59.7 Å². The highest BCUT2D eigenvalue weighted by Gasteiger charge is 2.42. The zero-order valence-corrected chi connectivity index (χ0v) is 46.9. The van der Waals surface area contributed by atoms with Crippen molar-refractivity contribution in [1.82, 2.24) is 35.3 Å². The Bertz CT molecular complexity index is 2160. The first-order valence-corrected chi connectivity index (χ1v) is 27.5. The van der Waals surface area contributed by atoms with Gasteiger partial charge in [-0.05, 0) is 79.9 Å². The summed E-state index contributed by atoms with van der Waals surface area (Å²) in [4.78, 5) is 81.4. The van der Waals surface area contributed by atoms with E-state index >= 15 is 0 Å². The van der Waals surface area contributed by atoms with E-state index in [4.69, 9.17) is 19.2 Å². The summed E-state index contributed by atoms with van der Waals surface area (Å²) in [6.45, 7) is 19.4. The third kappa shape index (κ3) is 17.4. The number of para-hydroxylation sites is 1. The van der Waals surface area contributed by atoms with Gasteiger partial charge in [-0.3, -0.25) is 24.1 Å². The number of aromatic amines is 1. The van der Waals surface area contributed by atoms with E-state index in [1.54, 1.807) is 37.9 Å². The number of methoxy groups -OCH3 is 2. The molecule has 5 N–H and O–H groups in total. The molecular formula is C53H85N7O10S2. The fourth-order valence-corrected chi connectivity index (χ4v) is 11.1. The Morgan fingerprint density at radius 2 is 1.61 bits per heavy atom. The van der Waals surface area contributed by atoms with Crippen molar-refractivity contribution >= 4 is 62.3 Å². The standard InChI is InChI=1S/C50H77N7O10S2.C3H8/c1-13-31(4)43(38(65-11)27-39(59)57-25-18-23-37(57)45(66-12)32(5)46(62)52-33(6)44(61)35-19-15-14-16-20-35)55(9)40(60)28-51-47(63)42(30(2)3)56(10)49(64)67-29-50(7,8)69-68-48-53-36-22-17-21-34(24-26-58)41(36)54-48;1-3-2/h14-17,19-22,30-33,37-38,42-45,58,61H,13,18,23-29H2,1-12H3,(H,51,63)(H,52,62)(H,53,54);3H2,1-2H3. The average Bonchev–Trinajstić information content (AvgIpc) is 4.03. The second kappa shape index (κ2) is 30.1.